The van der Waals surface area contributed by atoms with E-state index in [2.05, 4.69) is 10.6 Å². The van der Waals surface area contributed by atoms with Crippen molar-refractivity contribution in [2.45, 2.75) is 64.5 Å². The maximum absolute atomic E-state index is 12.0. The van der Waals surface area contributed by atoms with Crippen molar-refractivity contribution >= 4 is 22.8 Å². The summed E-state index contributed by atoms with van der Waals surface area (Å²) in [5.74, 6) is 2.13. The van der Waals surface area contributed by atoms with Crippen LogP contribution in [-0.2, 0) is 4.79 Å². The number of aryl methyl sites for hydroxylation is 2. The van der Waals surface area contributed by atoms with Crippen molar-refractivity contribution in [1.82, 2.24) is 25.1 Å². The lowest BCUT2D eigenvalue weighted by molar-refractivity contribution is -0.123. The molecule has 0 unspecified atom stereocenters. The first-order valence-electron chi connectivity index (χ1n) is 10.9. The molecule has 1 aromatic carbocycles. The zero-order valence-corrected chi connectivity index (χ0v) is 17.6. The molecule has 3 aromatic rings. The van der Waals surface area contributed by atoms with Crippen LogP contribution in [0.4, 0.5) is 5.82 Å². The summed E-state index contributed by atoms with van der Waals surface area (Å²) < 4.78 is 1.90. The third kappa shape index (κ3) is 3.76. The Morgan fingerprint density at radius 2 is 1.67 bits per heavy atom. The minimum atomic E-state index is 0.253. The predicted molar refractivity (Wildman–Crippen MR) is 117 cm³/mol. The molecule has 0 spiro atoms. The predicted octanol–water partition coefficient (Wildman–Crippen LogP) is 3.68. The second kappa shape index (κ2) is 7.70. The fourth-order valence-corrected chi connectivity index (χ4v) is 4.39. The minimum Gasteiger partial charge on any atom is -0.367 e. The fourth-order valence-electron chi connectivity index (χ4n) is 4.39. The topological polar surface area (TPSA) is 84.7 Å². The minimum absolute atomic E-state index is 0.253. The van der Waals surface area contributed by atoms with Crippen LogP contribution in [0.25, 0.3) is 16.7 Å². The molecule has 156 valence electrons. The van der Waals surface area contributed by atoms with Crippen LogP contribution in [0.1, 0.15) is 50.0 Å². The van der Waals surface area contributed by atoms with Gasteiger partial charge in [0.15, 0.2) is 5.65 Å². The van der Waals surface area contributed by atoms with Crippen molar-refractivity contribution in [3.63, 3.8) is 0 Å². The molecule has 30 heavy (non-hydrogen) atoms. The molecule has 0 saturated heterocycles. The standard InChI is InChI=1S/C23H28N6O/c1-14-20-21(26-17-10-12-18(13-11-17)27-23(30)16-8-9-16)24-15(2)25-22(20)29(28-14)19-6-4-3-5-7-19/h3-7,16-18H,8-13H2,1-2H3,(H,27,30)(H,24,25,26). The molecule has 2 aromatic heterocycles. The lowest BCUT2D eigenvalue weighted by Gasteiger charge is -2.30. The molecule has 7 heteroatoms. The first-order valence-corrected chi connectivity index (χ1v) is 10.9. The molecule has 2 N–H and O–H groups in total. The number of carbonyl (C=O) groups excluding carboxylic acids is 1. The zero-order chi connectivity index (χ0) is 20.7. The third-order valence-electron chi connectivity index (χ3n) is 6.18. The summed E-state index contributed by atoms with van der Waals surface area (Å²) >= 11 is 0. The van der Waals surface area contributed by atoms with Crippen molar-refractivity contribution in [3.05, 3.63) is 41.9 Å². The quantitative estimate of drug-likeness (QED) is 0.678. The number of amides is 1. The van der Waals surface area contributed by atoms with E-state index in [0.717, 1.165) is 72.6 Å². The maximum Gasteiger partial charge on any atom is 0.223 e. The van der Waals surface area contributed by atoms with Gasteiger partial charge >= 0.3 is 0 Å². The molecule has 2 heterocycles. The van der Waals surface area contributed by atoms with Gasteiger partial charge in [0.2, 0.25) is 5.91 Å². The van der Waals surface area contributed by atoms with E-state index in [9.17, 15) is 4.79 Å². The van der Waals surface area contributed by atoms with Gasteiger partial charge in [-0.15, -0.1) is 0 Å². The Balaban J connectivity index is 1.35. The Labute approximate surface area is 176 Å². The lowest BCUT2D eigenvalue weighted by atomic mass is 9.91. The first kappa shape index (κ1) is 19.0. The number of hydrogen-bond donors (Lipinski definition) is 2. The number of nitrogens with zero attached hydrogens (tertiary/aromatic N) is 4. The number of anilines is 1. The second-order valence-electron chi connectivity index (χ2n) is 8.63. The molecule has 1 amide bonds. The highest BCUT2D eigenvalue weighted by molar-refractivity contribution is 5.90. The number of aromatic nitrogens is 4. The van der Waals surface area contributed by atoms with Gasteiger partial charge in [-0.1, -0.05) is 18.2 Å². The largest absolute Gasteiger partial charge is 0.367 e. The monoisotopic (exact) mass is 404 g/mol. The molecular weight excluding hydrogens is 376 g/mol. The highest BCUT2D eigenvalue weighted by Crippen LogP contribution is 2.31. The summed E-state index contributed by atoms with van der Waals surface area (Å²) in [5, 5.41) is 12.6. The zero-order valence-electron chi connectivity index (χ0n) is 17.6. The van der Waals surface area contributed by atoms with E-state index in [0.29, 0.717) is 12.1 Å². The van der Waals surface area contributed by atoms with Crippen LogP contribution >= 0.6 is 0 Å². The molecule has 0 aliphatic heterocycles. The summed E-state index contributed by atoms with van der Waals surface area (Å²) in [6.07, 6.45) is 6.17. The van der Waals surface area contributed by atoms with Crippen molar-refractivity contribution in [2.75, 3.05) is 5.32 Å². The molecule has 2 aliphatic rings. The van der Waals surface area contributed by atoms with Crippen molar-refractivity contribution in [3.8, 4) is 5.69 Å². The number of fused-ring (bicyclic) bond motifs is 1. The summed E-state index contributed by atoms with van der Waals surface area (Å²) in [6.45, 7) is 3.93. The van der Waals surface area contributed by atoms with E-state index in [4.69, 9.17) is 15.1 Å². The van der Waals surface area contributed by atoms with Crippen LogP contribution in [0, 0.1) is 19.8 Å². The fraction of sp³-hybridized carbons (Fsp3) is 0.478. The van der Waals surface area contributed by atoms with Crippen molar-refractivity contribution < 1.29 is 4.79 Å². The normalized spacial score (nSPS) is 21.5. The molecule has 0 radical (unpaired) electrons. The molecule has 0 atom stereocenters. The third-order valence-corrected chi connectivity index (χ3v) is 6.18. The van der Waals surface area contributed by atoms with Crippen LogP contribution in [0.5, 0.6) is 0 Å². The molecule has 2 aliphatic carbocycles. The Morgan fingerprint density at radius 3 is 2.37 bits per heavy atom. The maximum atomic E-state index is 12.0. The van der Waals surface area contributed by atoms with E-state index in [1.807, 2.05) is 48.9 Å². The molecule has 2 fully saturated rings. The van der Waals surface area contributed by atoms with Crippen molar-refractivity contribution in [2.24, 2.45) is 5.92 Å². The van der Waals surface area contributed by atoms with Gasteiger partial charge in [-0.2, -0.15) is 5.10 Å². The Morgan fingerprint density at radius 1 is 0.967 bits per heavy atom. The molecule has 5 rings (SSSR count). The summed E-state index contributed by atoms with van der Waals surface area (Å²) in [4.78, 5) is 21.4. The van der Waals surface area contributed by atoms with E-state index < -0.39 is 0 Å². The number of carbonyl (C=O) groups is 1. The number of benzene rings is 1. The summed E-state index contributed by atoms with van der Waals surface area (Å²) in [7, 11) is 0. The van der Waals surface area contributed by atoms with E-state index in [1.165, 1.54) is 0 Å². The van der Waals surface area contributed by atoms with Gasteiger partial charge in [-0.25, -0.2) is 14.6 Å². The van der Waals surface area contributed by atoms with Gasteiger partial charge in [0, 0.05) is 18.0 Å². The van der Waals surface area contributed by atoms with Gasteiger partial charge in [0.05, 0.1) is 16.8 Å². The average Bonchev–Trinajstić information content (AvgIpc) is 3.54. The number of rotatable bonds is 5. The Hall–Kier alpha value is -2.96. The lowest BCUT2D eigenvalue weighted by Crippen LogP contribution is -2.40. The Kier molecular flexibility index (Phi) is 4.89. The van der Waals surface area contributed by atoms with Crippen LogP contribution in [0.2, 0.25) is 0 Å². The van der Waals surface area contributed by atoms with Gasteiger partial charge in [0.1, 0.15) is 11.6 Å². The highest BCUT2D eigenvalue weighted by Gasteiger charge is 2.32. The van der Waals surface area contributed by atoms with Gasteiger partial charge in [-0.3, -0.25) is 4.79 Å². The van der Waals surface area contributed by atoms with E-state index in [1.54, 1.807) is 0 Å². The number of nitrogens with one attached hydrogen (secondary N) is 2. The van der Waals surface area contributed by atoms with Gasteiger partial charge in [-0.05, 0) is 64.5 Å². The van der Waals surface area contributed by atoms with E-state index in [-0.39, 0.29) is 11.8 Å². The highest BCUT2D eigenvalue weighted by atomic mass is 16.2. The number of hydrogen-bond acceptors (Lipinski definition) is 5. The SMILES string of the molecule is Cc1nc(NC2CCC(NC(=O)C3CC3)CC2)c2c(C)nn(-c3ccccc3)c2n1. The molecular formula is C23H28N6O. The van der Waals surface area contributed by atoms with Gasteiger partial charge in [0.25, 0.3) is 0 Å². The average molecular weight is 405 g/mol. The smallest absolute Gasteiger partial charge is 0.223 e. The van der Waals surface area contributed by atoms with Crippen LogP contribution in [0.15, 0.2) is 30.3 Å². The molecule has 7 nitrogen and oxygen atoms in total. The van der Waals surface area contributed by atoms with Crippen LogP contribution in [0.3, 0.4) is 0 Å². The summed E-state index contributed by atoms with van der Waals surface area (Å²) in [6, 6.07) is 10.7. The van der Waals surface area contributed by atoms with E-state index >= 15 is 0 Å². The first-order chi connectivity index (χ1) is 14.6. The number of para-hydroxylation sites is 1. The molecule has 2 saturated carbocycles. The molecule has 0 bridgehead atoms. The van der Waals surface area contributed by atoms with Crippen LogP contribution < -0.4 is 10.6 Å². The van der Waals surface area contributed by atoms with Gasteiger partial charge < -0.3 is 10.6 Å². The second-order valence-corrected chi connectivity index (χ2v) is 8.63. The Bertz CT molecular complexity index is 1060. The van der Waals surface area contributed by atoms with Crippen LogP contribution in [-0.4, -0.2) is 37.7 Å². The summed E-state index contributed by atoms with van der Waals surface area (Å²) in [5.41, 5.74) is 2.74. The van der Waals surface area contributed by atoms with Crippen molar-refractivity contribution in [1.29, 1.82) is 0 Å².